The normalized spacial score (nSPS) is 22.7. The van der Waals surface area contributed by atoms with Crippen molar-refractivity contribution in [3.8, 4) is 34.0 Å². The van der Waals surface area contributed by atoms with Crippen molar-refractivity contribution in [2.75, 3.05) is 26.3 Å². The molecule has 0 fully saturated rings. The van der Waals surface area contributed by atoms with Gasteiger partial charge >= 0.3 is 0 Å². The van der Waals surface area contributed by atoms with E-state index in [0.29, 0.717) is 0 Å². The molecule has 4 rings (SSSR count). The third-order valence-corrected chi connectivity index (χ3v) is 5.49. The molecule has 2 N–H and O–H groups in total. The number of nitrogens with one attached hydrogen (secondary N) is 2. The Balaban J connectivity index is 2.00. The Kier molecular flexibility index (Phi) is 2.73. The number of hydrogen-bond donors (Lipinski definition) is 2. The van der Waals surface area contributed by atoms with Crippen molar-refractivity contribution in [2.24, 2.45) is 0 Å². The van der Waals surface area contributed by atoms with Crippen molar-refractivity contribution in [1.82, 2.24) is 14.7 Å². The molecule has 182 valence electrons. The van der Waals surface area contributed by atoms with Gasteiger partial charge in [-0.05, 0) is 67.3 Å². The van der Waals surface area contributed by atoms with Gasteiger partial charge in [-0.25, -0.2) is 18.1 Å². The maximum absolute atomic E-state index is 13.5. The van der Waals surface area contributed by atoms with E-state index in [4.69, 9.17) is 37.7 Å². The van der Waals surface area contributed by atoms with Crippen molar-refractivity contribution >= 4 is 21.8 Å². The number of thioether (sulfide) groups is 1. The molecule has 0 aliphatic rings. The lowest BCUT2D eigenvalue weighted by Gasteiger charge is -2.06. The van der Waals surface area contributed by atoms with Gasteiger partial charge in [-0.15, -0.1) is 0 Å². The Morgan fingerprint density at radius 3 is 2.37 bits per heavy atom. The van der Waals surface area contributed by atoms with Crippen LogP contribution in [0.5, 0.6) is 11.5 Å². The summed E-state index contributed by atoms with van der Waals surface area (Å²) >= 11 is -0.405. The summed E-state index contributed by atoms with van der Waals surface area (Å²) in [5.74, 6) is -1.80. The van der Waals surface area contributed by atoms with Crippen LogP contribution in [0.15, 0.2) is 82.6 Å². The molecule has 9 heteroatoms. The number of hydrogen-bond acceptors (Lipinski definition) is 6. The van der Waals surface area contributed by atoms with E-state index in [0.717, 1.165) is 0 Å². The van der Waals surface area contributed by atoms with Gasteiger partial charge in [0, 0.05) is 32.9 Å². The summed E-state index contributed by atoms with van der Waals surface area (Å²) in [4.78, 5) is 2.49. The standard InChI is InChI=1S/C26H27N3O4S2/c1-18-4-14-23(15-5-18)35(30,31)27-16-17-34-26-28-24(19-6-10-21(32-2)11-7-19)25(29-26)20-8-12-22(33-3)13-9-20/h4-15,27H,16-17H2,1-3H3,(H,28,29)/i1T3,2T,3T3,4T,5T,6T,7T,8T,9T,10T,11T,12T,13T,14T,15T,16T2,17T2/hT. The summed E-state index contributed by atoms with van der Waals surface area (Å²) in [5, 5.41) is -1.04. The molecule has 0 radical (unpaired) electrons. The Labute approximate surface area is 243 Å². The van der Waals surface area contributed by atoms with Crippen LogP contribution in [-0.2, 0) is 10.0 Å². The molecule has 0 unspecified atom stereocenters. The fourth-order valence-electron chi connectivity index (χ4n) is 2.32. The van der Waals surface area contributed by atoms with Gasteiger partial charge in [0.15, 0.2) is 6.57 Å². The van der Waals surface area contributed by atoms with Crippen molar-refractivity contribution in [2.45, 2.75) is 16.9 Å². The Morgan fingerprint density at radius 1 is 1.03 bits per heavy atom. The lowest BCUT2D eigenvalue weighted by Crippen LogP contribution is -2.26. The van der Waals surface area contributed by atoms with Gasteiger partial charge in [-0.3, -0.25) is 0 Å². The summed E-state index contributed by atoms with van der Waals surface area (Å²) < 4.78 is 233. The summed E-state index contributed by atoms with van der Waals surface area (Å²) in [7, 11) is -9.80. The maximum Gasteiger partial charge on any atom is 0.240 e. The monoisotopic (exact) mass is 557 g/mol. The molecule has 1 aromatic heterocycles. The lowest BCUT2D eigenvalue weighted by molar-refractivity contribution is 0.414. The first kappa shape index (κ1) is 8.69. The van der Waals surface area contributed by atoms with Gasteiger partial charge in [0.2, 0.25) is 10.0 Å². The fraction of sp³-hybridized carbons (Fsp3) is 0.192. The number of benzene rings is 3. The van der Waals surface area contributed by atoms with E-state index in [2.05, 4.69) is 9.72 Å². The fourth-order valence-corrected chi connectivity index (χ4v) is 3.51. The maximum atomic E-state index is 13.5. The molecule has 0 bridgehead atoms. The number of methoxy groups -OCH3 is 2. The molecule has 0 amide bonds. The zero-order chi connectivity index (χ0) is 45.4. The van der Waals surface area contributed by atoms with Crippen LogP contribution in [0.4, 0.5) is 0 Å². The zero-order valence-corrected chi connectivity index (χ0v) is 18.7. The predicted octanol–water partition coefficient (Wildman–Crippen LogP) is 5.14. The average Bonchev–Trinajstić information content (AvgIpc) is 3.38. The first-order chi connectivity index (χ1) is 26.7. The average molecular weight is 558 g/mol. The Bertz CT molecular complexity index is 2400. The summed E-state index contributed by atoms with van der Waals surface area (Å²) in [6.45, 7) is -7.15. The number of ether oxygens (including phenoxy) is 2. The molecule has 35 heavy (non-hydrogen) atoms. The highest BCUT2D eigenvalue weighted by molar-refractivity contribution is 7.99. The van der Waals surface area contributed by atoms with E-state index < -0.39 is 177 Å². The van der Waals surface area contributed by atoms with Gasteiger partial charge in [0.05, 0.1) is 52.3 Å². The summed E-state index contributed by atoms with van der Waals surface area (Å²) in [6, 6.07) is -13.9. The highest BCUT2D eigenvalue weighted by Crippen LogP contribution is 2.34. The predicted molar refractivity (Wildman–Crippen MR) is 140 cm³/mol. The lowest BCUT2D eigenvalue weighted by atomic mass is 10.0. The van der Waals surface area contributed by atoms with Crippen LogP contribution in [0.3, 0.4) is 0 Å². The van der Waals surface area contributed by atoms with E-state index in [-0.39, 0.29) is 4.98 Å². The van der Waals surface area contributed by atoms with Crippen LogP contribution in [0, 0.1) is 6.85 Å². The molecular weight excluding hydrogens is 482 g/mol. The quantitative estimate of drug-likeness (QED) is 0.262. The highest BCUT2D eigenvalue weighted by Gasteiger charge is 2.16. The van der Waals surface area contributed by atoms with Gasteiger partial charge < -0.3 is 14.5 Å². The second-order valence-corrected chi connectivity index (χ2v) is 8.39. The van der Waals surface area contributed by atoms with Crippen LogP contribution in [0.1, 0.15) is 37.1 Å². The van der Waals surface area contributed by atoms with Crippen molar-refractivity contribution < 1.29 is 50.8 Å². The molecular formula is C26H27N3O4S2. The number of rotatable bonds is 10. The van der Waals surface area contributed by atoms with Crippen molar-refractivity contribution in [3.05, 3.63) is 78.1 Å². The van der Waals surface area contributed by atoms with Crippen LogP contribution in [0.2, 0.25) is 1.41 Å². The van der Waals surface area contributed by atoms with Crippen LogP contribution < -0.4 is 14.2 Å². The summed E-state index contributed by atoms with van der Waals surface area (Å²) in [6.07, 6.45) is 0. The molecule has 1 heterocycles. The van der Waals surface area contributed by atoms with Crippen LogP contribution in [-0.4, -0.2) is 44.7 Å². The van der Waals surface area contributed by atoms with E-state index >= 15 is 0 Å². The molecule has 0 saturated carbocycles. The Hall–Kier alpha value is -3.27. The van der Waals surface area contributed by atoms with Gasteiger partial charge in [-0.2, -0.15) is 0 Å². The summed E-state index contributed by atoms with van der Waals surface area (Å²) in [5.41, 5.74) is -8.43. The van der Waals surface area contributed by atoms with E-state index in [9.17, 15) is 8.42 Å². The van der Waals surface area contributed by atoms with Gasteiger partial charge in [0.25, 0.3) is 0 Å². The van der Waals surface area contributed by atoms with Crippen LogP contribution in [0.25, 0.3) is 22.5 Å². The minimum Gasteiger partial charge on any atom is -0.497 e. The molecule has 0 aliphatic carbocycles. The van der Waals surface area contributed by atoms with Crippen LogP contribution >= 0.6 is 11.8 Å². The number of imidazole rings is 1. The molecule has 0 saturated heterocycles. The van der Waals surface area contributed by atoms with Crippen molar-refractivity contribution in [3.63, 3.8) is 0 Å². The number of aromatic amines is 1. The van der Waals surface area contributed by atoms with E-state index in [1.807, 2.05) is 0 Å². The number of nitrogens with zero attached hydrogens (tertiary/aromatic N) is 1. The minimum absolute atomic E-state index is 0.0629. The third-order valence-electron chi connectivity index (χ3n) is 3.81. The third kappa shape index (κ3) is 6.05. The largest absolute Gasteiger partial charge is 0.497 e. The topological polar surface area (TPSA) is 93.3 Å². The SMILES string of the molecule is [3H]COc1c([3H])c([3H])c(-c2nc(SC([3H])([3H])C([3H])([3H])NS(=O)(=O)c3c([3H])c([3H])c(C([3H])([3H])[3H])c([3H])c3[3H])n([3H])c2-c2c([3H])c([3H])c(OC([3H])([3H])[3H])c([3H])c2[3H])c([3H])c1[3H]. The molecule has 7 nitrogen and oxygen atoms in total. The number of H-pyrrole nitrogens is 1. The van der Waals surface area contributed by atoms with E-state index in [1.165, 1.54) is 4.72 Å². The second-order valence-electron chi connectivity index (χ2n) is 6.00. The highest BCUT2D eigenvalue weighted by atomic mass is 32.2. The smallest absolute Gasteiger partial charge is 0.240 e. The first-order valence-corrected chi connectivity index (χ1v) is 11.2. The Morgan fingerprint density at radius 2 is 1.71 bits per heavy atom. The minimum atomic E-state index is -5.64. The number of sulfonamides is 1. The molecule has 0 atom stereocenters. The molecule has 4 aromatic rings. The van der Waals surface area contributed by atoms with E-state index in [1.54, 1.807) is 0 Å². The second kappa shape index (κ2) is 11.0. The molecule has 0 aliphatic heterocycles. The van der Waals surface area contributed by atoms with Crippen molar-refractivity contribution in [1.29, 1.82) is 0 Å². The molecule has 3 aromatic carbocycles. The van der Waals surface area contributed by atoms with Gasteiger partial charge in [-0.1, -0.05) is 29.4 Å². The molecule has 0 spiro atoms. The zero-order valence-electron chi connectivity index (χ0n) is 41.1. The first-order valence-electron chi connectivity index (χ1n) is 21.1. The number of aromatic nitrogens is 2. The van der Waals surface area contributed by atoms with Gasteiger partial charge in [0.1, 0.15) is 11.5 Å².